The minimum absolute atomic E-state index is 0.0398. The fraction of sp³-hybridized carbons (Fsp3) is 0.409. The molecule has 2 aromatic carbocycles. The van der Waals surface area contributed by atoms with Gasteiger partial charge in [-0.2, -0.15) is 0 Å². The molecule has 0 bridgehead atoms. The number of carbonyl (C=O) groups is 1. The van der Waals surface area contributed by atoms with Crippen LogP contribution < -0.4 is 14.8 Å². The molecule has 4 nitrogen and oxygen atoms in total. The van der Waals surface area contributed by atoms with Gasteiger partial charge in [-0.1, -0.05) is 30.3 Å². The smallest absolute Gasteiger partial charge is 0.220 e. The Morgan fingerprint density at radius 1 is 1.12 bits per heavy atom. The van der Waals surface area contributed by atoms with Crippen LogP contribution in [0.1, 0.15) is 43.2 Å². The summed E-state index contributed by atoms with van der Waals surface area (Å²) in [6.45, 7) is 0.480. The highest BCUT2D eigenvalue weighted by Gasteiger charge is 2.16. The van der Waals surface area contributed by atoms with Crippen molar-refractivity contribution in [2.24, 2.45) is 0 Å². The van der Waals surface area contributed by atoms with Crippen LogP contribution in [0.4, 0.5) is 0 Å². The first kappa shape index (κ1) is 18.3. The molecule has 0 heterocycles. The Kier molecular flexibility index (Phi) is 6.53. The second kappa shape index (κ2) is 9.27. The van der Waals surface area contributed by atoms with Gasteiger partial charge < -0.3 is 14.8 Å². The van der Waals surface area contributed by atoms with E-state index in [1.165, 1.54) is 12.8 Å². The Morgan fingerprint density at radius 2 is 1.92 bits per heavy atom. The first-order valence-corrected chi connectivity index (χ1v) is 9.39. The van der Waals surface area contributed by atoms with Gasteiger partial charge in [0.1, 0.15) is 11.5 Å². The molecule has 0 aromatic heterocycles. The van der Waals surface area contributed by atoms with E-state index >= 15 is 0 Å². The molecule has 26 heavy (non-hydrogen) atoms. The zero-order chi connectivity index (χ0) is 18.2. The SMILES string of the molecule is COc1ccccc1CNC(=O)CCc1cccc(OC2CCCC2)c1. The monoisotopic (exact) mass is 353 g/mol. The number of carbonyl (C=O) groups excluding carboxylic acids is 1. The van der Waals surface area contributed by atoms with Crippen LogP contribution in [0.25, 0.3) is 0 Å². The van der Waals surface area contributed by atoms with Gasteiger partial charge in [-0.25, -0.2) is 0 Å². The molecule has 1 N–H and O–H groups in total. The van der Waals surface area contributed by atoms with E-state index in [2.05, 4.69) is 17.4 Å². The van der Waals surface area contributed by atoms with Gasteiger partial charge in [-0.15, -0.1) is 0 Å². The Balaban J connectivity index is 1.46. The summed E-state index contributed by atoms with van der Waals surface area (Å²) in [4.78, 5) is 12.2. The van der Waals surface area contributed by atoms with Crippen molar-refractivity contribution in [3.63, 3.8) is 0 Å². The molecular weight excluding hydrogens is 326 g/mol. The Morgan fingerprint density at radius 3 is 2.73 bits per heavy atom. The number of nitrogens with one attached hydrogen (secondary N) is 1. The largest absolute Gasteiger partial charge is 0.496 e. The van der Waals surface area contributed by atoms with E-state index in [1.807, 2.05) is 36.4 Å². The first-order valence-electron chi connectivity index (χ1n) is 9.39. The van der Waals surface area contributed by atoms with E-state index in [-0.39, 0.29) is 5.91 Å². The minimum atomic E-state index is 0.0398. The molecule has 2 aromatic rings. The summed E-state index contributed by atoms with van der Waals surface area (Å²) in [5, 5.41) is 2.97. The predicted octanol–water partition coefficient (Wildman–Crippen LogP) is 4.27. The van der Waals surface area contributed by atoms with Crippen molar-refractivity contribution in [2.75, 3.05) is 7.11 Å². The minimum Gasteiger partial charge on any atom is -0.496 e. The number of rotatable bonds is 8. The summed E-state index contributed by atoms with van der Waals surface area (Å²) in [5.41, 5.74) is 2.11. The molecule has 4 heteroatoms. The van der Waals surface area contributed by atoms with Crippen LogP contribution in [-0.4, -0.2) is 19.1 Å². The number of hydrogen-bond acceptors (Lipinski definition) is 3. The quantitative estimate of drug-likeness (QED) is 0.771. The third-order valence-electron chi connectivity index (χ3n) is 4.81. The average molecular weight is 353 g/mol. The molecule has 0 radical (unpaired) electrons. The number of methoxy groups -OCH3 is 1. The highest BCUT2D eigenvalue weighted by molar-refractivity contribution is 5.76. The molecule has 1 fully saturated rings. The van der Waals surface area contributed by atoms with E-state index in [0.717, 1.165) is 35.5 Å². The van der Waals surface area contributed by atoms with Gasteiger partial charge in [0.15, 0.2) is 0 Å². The van der Waals surface area contributed by atoms with Crippen molar-refractivity contribution in [3.8, 4) is 11.5 Å². The molecule has 1 amide bonds. The van der Waals surface area contributed by atoms with E-state index in [4.69, 9.17) is 9.47 Å². The van der Waals surface area contributed by atoms with Crippen LogP contribution in [0.5, 0.6) is 11.5 Å². The lowest BCUT2D eigenvalue weighted by molar-refractivity contribution is -0.121. The average Bonchev–Trinajstić information content (AvgIpc) is 3.18. The normalized spacial score (nSPS) is 14.2. The lowest BCUT2D eigenvalue weighted by Gasteiger charge is -2.14. The Labute approximate surface area is 155 Å². The summed E-state index contributed by atoms with van der Waals surface area (Å²) in [5.74, 6) is 1.76. The lowest BCUT2D eigenvalue weighted by atomic mass is 10.1. The van der Waals surface area contributed by atoms with E-state index in [0.29, 0.717) is 25.5 Å². The highest BCUT2D eigenvalue weighted by Crippen LogP contribution is 2.25. The van der Waals surface area contributed by atoms with Gasteiger partial charge in [0.25, 0.3) is 0 Å². The number of aryl methyl sites for hydroxylation is 1. The van der Waals surface area contributed by atoms with Gasteiger partial charge in [0.05, 0.1) is 13.2 Å². The number of amides is 1. The zero-order valence-corrected chi connectivity index (χ0v) is 15.4. The predicted molar refractivity (Wildman–Crippen MR) is 102 cm³/mol. The number of ether oxygens (including phenoxy) is 2. The molecule has 0 spiro atoms. The molecule has 3 rings (SSSR count). The maximum absolute atomic E-state index is 12.2. The molecule has 1 aliphatic carbocycles. The fourth-order valence-electron chi connectivity index (χ4n) is 3.36. The van der Waals surface area contributed by atoms with Crippen LogP contribution >= 0.6 is 0 Å². The van der Waals surface area contributed by atoms with Gasteiger partial charge >= 0.3 is 0 Å². The molecule has 0 aliphatic heterocycles. The molecule has 1 aliphatic rings. The lowest BCUT2D eigenvalue weighted by Crippen LogP contribution is -2.23. The van der Waals surface area contributed by atoms with Crippen molar-refractivity contribution in [2.45, 2.75) is 51.2 Å². The molecule has 0 saturated heterocycles. The van der Waals surface area contributed by atoms with E-state index < -0.39 is 0 Å². The van der Waals surface area contributed by atoms with E-state index in [1.54, 1.807) is 7.11 Å². The third kappa shape index (κ3) is 5.25. The highest BCUT2D eigenvalue weighted by atomic mass is 16.5. The standard InChI is InChI=1S/C22H27NO3/c1-25-21-12-5-2-8-18(21)16-23-22(24)14-13-17-7-6-11-20(15-17)26-19-9-3-4-10-19/h2,5-8,11-12,15,19H,3-4,9-10,13-14,16H2,1H3,(H,23,24). The molecule has 1 saturated carbocycles. The molecular formula is C22H27NO3. The van der Waals surface area contributed by atoms with Gasteiger partial charge in [0.2, 0.25) is 5.91 Å². The van der Waals surface area contributed by atoms with E-state index in [9.17, 15) is 4.79 Å². The number of hydrogen-bond donors (Lipinski definition) is 1. The number of para-hydroxylation sites is 1. The topological polar surface area (TPSA) is 47.6 Å². The van der Waals surface area contributed by atoms with Crippen LogP contribution in [0.2, 0.25) is 0 Å². The summed E-state index contributed by atoms with van der Waals surface area (Å²) in [7, 11) is 1.64. The summed E-state index contributed by atoms with van der Waals surface area (Å²) in [6.07, 6.45) is 6.34. The third-order valence-corrected chi connectivity index (χ3v) is 4.81. The van der Waals surface area contributed by atoms with Crippen LogP contribution in [-0.2, 0) is 17.8 Å². The molecule has 0 unspecified atom stereocenters. The van der Waals surface area contributed by atoms with Gasteiger partial charge in [-0.3, -0.25) is 4.79 Å². The van der Waals surface area contributed by atoms with Crippen molar-refractivity contribution in [3.05, 3.63) is 59.7 Å². The fourth-order valence-corrected chi connectivity index (χ4v) is 3.36. The zero-order valence-electron chi connectivity index (χ0n) is 15.4. The van der Waals surface area contributed by atoms with Crippen molar-refractivity contribution in [1.82, 2.24) is 5.32 Å². The van der Waals surface area contributed by atoms with Crippen molar-refractivity contribution in [1.29, 1.82) is 0 Å². The van der Waals surface area contributed by atoms with Gasteiger partial charge in [0, 0.05) is 18.5 Å². The number of benzene rings is 2. The molecule has 138 valence electrons. The second-order valence-corrected chi connectivity index (χ2v) is 6.76. The van der Waals surface area contributed by atoms with Crippen molar-refractivity contribution < 1.29 is 14.3 Å². The summed E-state index contributed by atoms with van der Waals surface area (Å²) < 4.78 is 11.3. The second-order valence-electron chi connectivity index (χ2n) is 6.76. The Hall–Kier alpha value is -2.49. The van der Waals surface area contributed by atoms with Crippen LogP contribution in [0.3, 0.4) is 0 Å². The summed E-state index contributed by atoms with van der Waals surface area (Å²) >= 11 is 0. The Bertz CT molecular complexity index is 723. The van der Waals surface area contributed by atoms with Gasteiger partial charge in [-0.05, 0) is 55.9 Å². The summed E-state index contributed by atoms with van der Waals surface area (Å²) in [6, 6.07) is 15.8. The first-order chi connectivity index (χ1) is 12.7. The van der Waals surface area contributed by atoms with Crippen molar-refractivity contribution >= 4 is 5.91 Å². The maximum atomic E-state index is 12.2. The maximum Gasteiger partial charge on any atom is 0.220 e. The molecule has 0 atom stereocenters. The van der Waals surface area contributed by atoms with Crippen LogP contribution in [0.15, 0.2) is 48.5 Å². The van der Waals surface area contributed by atoms with Crippen LogP contribution in [0, 0.1) is 0 Å².